The van der Waals surface area contributed by atoms with Gasteiger partial charge in [0.15, 0.2) is 0 Å². The highest BCUT2D eigenvalue weighted by atomic mass is 16.5. The summed E-state index contributed by atoms with van der Waals surface area (Å²) < 4.78 is 5.42. The molecule has 2 aliphatic rings. The number of carbonyl (C=O) groups is 1. The Morgan fingerprint density at radius 1 is 0.897 bits per heavy atom. The average molecular weight is 397 g/mol. The van der Waals surface area contributed by atoms with Crippen LogP contribution >= 0.6 is 0 Å². The van der Waals surface area contributed by atoms with Crippen molar-refractivity contribution in [2.45, 2.75) is 103 Å². The van der Waals surface area contributed by atoms with Gasteiger partial charge in [-0.25, -0.2) is 4.79 Å². The van der Waals surface area contributed by atoms with E-state index in [4.69, 9.17) is 4.74 Å². The molecule has 1 saturated carbocycles. The molecule has 0 aromatic heterocycles. The topological polar surface area (TPSA) is 26.3 Å². The molecule has 0 N–H and O–H groups in total. The Bertz CT molecular complexity index is 650. The highest BCUT2D eigenvalue weighted by Crippen LogP contribution is 2.38. The van der Waals surface area contributed by atoms with Gasteiger partial charge in [0.05, 0.1) is 6.61 Å². The summed E-state index contributed by atoms with van der Waals surface area (Å²) in [6.07, 6.45) is 16.5. The molecule has 1 aromatic carbocycles. The van der Waals surface area contributed by atoms with Gasteiger partial charge in [0, 0.05) is 5.57 Å². The molecule has 2 nitrogen and oxygen atoms in total. The van der Waals surface area contributed by atoms with Crippen LogP contribution in [0.2, 0.25) is 0 Å². The fourth-order valence-electron chi connectivity index (χ4n) is 5.16. The van der Waals surface area contributed by atoms with Crippen LogP contribution in [-0.2, 0) is 9.53 Å². The number of rotatable bonds is 9. The Morgan fingerprint density at radius 2 is 1.59 bits per heavy atom. The molecule has 2 aliphatic carbocycles. The summed E-state index contributed by atoms with van der Waals surface area (Å²) in [6.45, 7) is 5.04. The Balaban J connectivity index is 1.47. The predicted molar refractivity (Wildman–Crippen MR) is 121 cm³/mol. The zero-order chi connectivity index (χ0) is 20.5. The number of unbranched alkanes of at least 4 members (excludes halogenated alkanes) is 2. The number of carbonyl (C=O) groups excluding carboxylic acids is 1. The van der Waals surface area contributed by atoms with Crippen LogP contribution in [0.1, 0.15) is 114 Å². The van der Waals surface area contributed by atoms with E-state index in [0.29, 0.717) is 12.5 Å². The van der Waals surface area contributed by atoms with Crippen LogP contribution in [0.3, 0.4) is 0 Å². The van der Waals surface area contributed by atoms with Gasteiger partial charge >= 0.3 is 5.97 Å². The largest absolute Gasteiger partial charge is 0.462 e. The molecule has 0 bridgehead atoms. The van der Waals surface area contributed by atoms with Crippen molar-refractivity contribution < 1.29 is 9.53 Å². The lowest BCUT2D eigenvalue weighted by Crippen LogP contribution is -2.14. The maximum atomic E-state index is 12.2. The van der Waals surface area contributed by atoms with E-state index in [9.17, 15) is 4.79 Å². The van der Waals surface area contributed by atoms with E-state index in [2.05, 4.69) is 44.2 Å². The summed E-state index contributed by atoms with van der Waals surface area (Å²) in [4.78, 5) is 12.2. The third-order valence-electron chi connectivity index (χ3n) is 7.08. The summed E-state index contributed by atoms with van der Waals surface area (Å²) in [5.74, 6) is 2.18. The third-order valence-corrected chi connectivity index (χ3v) is 7.08. The minimum Gasteiger partial charge on any atom is -0.462 e. The van der Waals surface area contributed by atoms with Gasteiger partial charge in [0.2, 0.25) is 0 Å². The maximum Gasteiger partial charge on any atom is 0.333 e. The average Bonchev–Trinajstić information content (AvgIpc) is 2.78. The van der Waals surface area contributed by atoms with Crippen LogP contribution in [0.25, 0.3) is 0 Å². The maximum absolute atomic E-state index is 12.2. The molecule has 29 heavy (non-hydrogen) atoms. The molecule has 0 saturated heterocycles. The lowest BCUT2D eigenvalue weighted by Gasteiger charge is -2.29. The van der Waals surface area contributed by atoms with E-state index >= 15 is 0 Å². The van der Waals surface area contributed by atoms with Gasteiger partial charge in [-0.2, -0.15) is 0 Å². The van der Waals surface area contributed by atoms with E-state index in [1.165, 1.54) is 49.7 Å². The molecule has 0 spiro atoms. The molecule has 0 aliphatic heterocycles. The van der Waals surface area contributed by atoms with Gasteiger partial charge in [-0.3, -0.25) is 0 Å². The Labute approximate surface area is 178 Å². The zero-order valence-electron chi connectivity index (χ0n) is 18.6. The molecular formula is C27H40O2. The van der Waals surface area contributed by atoms with Gasteiger partial charge in [-0.05, 0) is 80.2 Å². The Kier molecular flexibility index (Phi) is 8.83. The molecule has 2 heteroatoms. The van der Waals surface area contributed by atoms with E-state index in [0.717, 1.165) is 55.9 Å². The molecule has 160 valence electrons. The van der Waals surface area contributed by atoms with E-state index in [1.807, 2.05) is 0 Å². The van der Waals surface area contributed by atoms with Crippen molar-refractivity contribution in [2.75, 3.05) is 6.61 Å². The fourth-order valence-corrected chi connectivity index (χ4v) is 5.16. The SMILES string of the molecule is CCCCCOC(=O)C1=CCC(c2ccc(C3CCC(CCC)CC3)cc2)CC1. The highest BCUT2D eigenvalue weighted by molar-refractivity contribution is 5.88. The van der Waals surface area contributed by atoms with Crippen molar-refractivity contribution in [1.82, 2.24) is 0 Å². The van der Waals surface area contributed by atoms with Crippen LogP contribution in [-0.4, -0.2) is 12.6 Å². The Morgan fingerprint density at radius 3 is 2.17 bits per heavy atom. The van der Waals surface area contributed by atoms with Gasteiger partial charge < -0.3 is 4.74 Å². The number of hydrogen-bond acceptors (Lipinski definition) is 2. The first-order valence-electron chi connectivity index (χ1n) is 12.2. The fraction of sp³-hybridized carbons (Fsp3) is 0.667. The first-order valence-corrected chi connectivity index (χ1v) is 12.2. The monoisotopic (exact) mass is 396 g/mol. The first kappa shape index (κ1) is 22.1. The second kappa shape index (κ2) is 11.6. The van der Waals surface area contributed by atoms with E-state index < -0.39 is 0 Å². The molecule has 0 amide bonds. The smallest absolute Gasteiger partial charge is 0.333 e. The lowest BCUT2D eigenvalue weighted by molar-refractivity contribution is -0.139. The van der Waals surface area contributed by atoms with Gasteiger partial charge in [-0.1, -0.05) is 69.9 Å². The summed E-state index contributed by atoms with van der Waals surface area (Å²) in [6, 6.07) is 9.45. The first-order chi connectivity index (χ1) is 14.2. The van der Waals surface area contributed by atoms with Crippen LogP contribution in [0.5, 0.6) is 0 Å². The second-order valence-electron chi connectivity index (χ2n) is 9.22. The van der Waals surface area contributed by atoms with Gasteiger partial charge in [-0.15, -0.1) is 0 Å². The van der Waals surface area contributed by atoms with Crippen molar-refractivity contribution in [1.29, 1.82) is 0 Å². The minimum atomic E-state index is -0.0893. The Hall–Kier alpha value is -1.57. The molecular weight excluding hydrogens is 356 g/mol. The molecule has 0 radical (unpaired) electrons. The standard InChI is InChI=1S/C27H40O2/c1-3-5-6-20-29-27(28)26-18-16-25(17-19-26)24-14-12-23(13-15-24)22-10-8-21(7-4-2)9-11-22/h12-15,18,21-22,25H,3-11,16-17,19-20H2,1-2H3. The molecule has 3 rings (SSSR count). The quantitative estimate of drug-likeness (QED) is 0.316. The van der Waals surface area contributed by atoms with Gasteiger partial charge in [0.25, 0.3) is 0 Å². The predicted octanol–water partition coefficient (Wildman–Crippen LogP) is 7.69. The third kappa shape index (κ3) is 6.46. The van der Waals surface area contributed by atoms with Crippen LogP contribution in [0.4, 0.5) is 0 Å². The minimum absolute atomic E-state index is 0.0893. The van der Waals surface area contributed by atoms with E-state index in [-0.39, 0.29) is 5.97 Å². The number of hydrogen-bond donors (Lipinski definition) is 0. The summed E-state index contributed by atoms with van der Waals surface area (Å²) in [5.41, 5.74) is 3.85. The van der Waals surface area contributed by atoms with Crippen LogP contribution < -0.4 is 0 Å². The number of allylic oxidation sites excluding steroid dienone is 1. The van der Waals surface area contributed by atoms with Crippen molar-refractivity contribution in [3.05, 3.63) is 47.0 Å². The van der Waals surface area contributed by atoms with Crippen LogP contribution in [0, 0.1) is 5.92 Å². The molecule has 1 fully saturated rings. The summed E-state index contributed by atoms with van der Waals surface area (Å²) in [5, 5.41) is 0. The molecule has 1 aromatic rings. The normalized spacial score (nSPS) is 24.8. The lowest BCUT2D eigenvalue weighted by atomic mass is 9.76. The molecule has 0 heterocycles. The second-order valence-corrected chi connectivity index (χ2v) is 9.22. The highest BCUT2D eigenvalue weighted by Gasteiger charge is 2.23. The van der Waals surface area contributed by atoms with Crippen LogP contribution in [0.15, 0.2) is 35.9 Å². The van der Waals surface area contributed by atoms with Gasteiger partial charge in [0.1, 0.15) is 0 Å². The van der Waals surface area contributed by atoms with E-state index in [1.54, 1.807) is 0 Å². The van der Waals surface area contributed by atoms with Crippen molar-refractivity contribution in [3.63, 3.8) is 0 Å². The number of ether oxygens (including phenoxy) is 1. The molecule has 1 unspecified atom stereocenters. The zero-order valence-corrected chi connectivity index (χ0v) is 18.6. The van der Waals surface area contributed by atoms with Crippen molar-refractivity contribution in [2.24, 2.45) is 5.92 Å². The molecule has 1 atom stereocenters. The van der Waals surface area contributed by atoms with Crippen molar-refractivity contribution >= 4 is 5.97 Å². The van der Waals surface area contributed by atoms with Crippen molar-refractivity contribution in [3.8, 4) is 0 Å². The summed E-state index contributed by atoms with van der Waals surface area (Å²) >= 11 is 0. The number of benzene rings is 1. The number of esters is 1. The summed E-state index contributed by atoms with van der Waals surface area (Å²) in [7, 11) is 0.